The monoisotopic (exact) mass is 1030 g/mol. The molecule has 7 N–H and O–H groups in total. The number of anilines is 2. The third-order valence-electron chi connectivity index (χ3n) is 16.9. The van der Waals surface area contributed by atoms with Crippen molar-refractivity contribution in [3.8, 4) is 0 Å². The highest BCUT2D eigenvalue weighted by atomic mass is 32.2. The van der Waals surface area contributed by atoms with Gasteiger partial charge in [0.15, 0.2) is 11.6 Å². The van der Waals surface area contributed by atoms with Crippen molar-refractivity contribution in [3.63, 3.8) is 0 Å². The van der Waals surface area contributed by atoms with E-state index in [1.807, 2.05) is 13.8 Å². The van der Waals surface area contributed by atoms with Crippen LogP contribution >= 0.6 is 0 Å². The molecule has 5 aliphatic carbocycles. The predicted molar refractivity (Wildman–Crippen MR) is 262 cm³/mol. The molecular weight excluding hydrogens is 955 g/mol. The Kier molecular flexibility index (Phi) is 17.5. The van der Waals surface area contributed by atoms with Crippen LogP contribution in [0.15, 0.2) is 11.0 Å². The maximum Gasteiger partial charge on any atom is 0.341 e. The minimum absolute atomic E-state index is 0.0134. The number of fused-ring (bicyclic) bond motifs is 6. The van der Waals surface area contributed by atoms with Gasteiger partial charge >= 0.3 is 11.9 Å². The predicted octanol–water partition coefficient (Wildman–Crippen LogP) is 6.28. The molecule has 1 aromatic heterocycles. The number of piperazine rings is 1. The van der Waals surface area contributed by atoms with Crippen LogP contribution < -0.4 is 21.4 Å². The van der Waals surface area contributed by atoms with Crippen LogP contribution in [0.4, 0.5) is 20.2 Å². The Morgan fingerprint density at radius 2 is 1.49 bits per heavy atom. The van der Waals surface area contributed by atoms with Crippen molar-refractivity contribution in [1.29, 1.82) is 0 Å². The van der Waals surface area contributed by atoms with Crippen LogP contribution in [0.3, 0.4) is 0 Å². The van der Waals surface area contributed by atoms with Gasteiger partial charge in [-0.1, -0.05) is 20.8 Å². The maximum absolute atomic E-state index is 15.6. The number of carboxylic acid groups (broad SMARTS) is 2. The van der Waals surface area contributed by atoms with Gasteiger partial charge in [0.05, 0.1) is 54.5 Å². The molecule has 5 saturated carbocycles. The largest absolute Gasteiger partial charge is 0.481 e. The van der Waals surface area contributed by atoms with Crippen molar-refractivity contribution in [2.45, 2.75) is 155 Å². The number of nitrogen functional groups attached to an aromatic ring is 1. The molecular formula is C49H76F2N4O13S2. The minimum Gasteiger partial charge on any atom is -0.481 e. The van der Waals surface area contributed by atoms with Gasteiger partial charge in [0.1, 0.15) is 11.3 Å². The number of unbranched alkanes of at least 4 members (excludes halogenated alkanes) is 1. The lowest BCUT2D eigenvalue weighted by molar-refractivity contribution is -0.175. The number of carbonyl (C=O) groups is 2. The Labute approximate surface area is 411 Å². The number of nitrogens with one attached hydrogen (secondary N) is 1. The van der Waals surface area contributed by atoms with E-state index in [0.29, 0.717) is 61.4 Å². The molecule has 2 aromatic rings. The molecule has 21 heteroatoms. The van der Waals surface area contributed by atoms with Crippen LogP contribution in [0.1, 0.15) is 141 Å². The van der Waals surface area contributed by atoms with Gasteiger partial charge in [-0.05, 0) is 144 Å². The number of hydrogen-bond donors (Lipinski definition) is 6. The number of aromatic carboxylic acids is 1. The van der Waals surface area contributed by atoms with E-state index >= 15 is 8.78 Å². The summed E-state index contributed by atoms with van der Waals surface area (Å²) in [4.78, 5) is 36.8. The highest BCUT2D eigenvalue weighted by molar-refractivity contribution is 7.86. The van der Waals surface area contributed by atoms with E-state index in [1.165, 1.54) is 23.8 Å². The first-order chi connectivity index (χ1) is 32.6. The highest BCUT2D eigenvalue weighted by Crippen LogP contribution is 2.68. The van der Waals surface area contributed by atoms with E-state index in [9.17, 15) is 46.5 Å². The molecule has 6 aliphatic rings. The number of aromatic nitrogens is 1. The number of halogens is 2. The van der Waals surface area contributed by atoms with Gasteiger partial charge in [-0.2, -0.15) is 16.8 Å². The summed E-state index contributed by atoms with van der Waals surface area (Å²) >= 11 is 0. The van der Waals surface area contributed by atoms with Gasteiger partial charge in [0, 0.05) is 43.8 Å². The van der Waals surface area contributed by atoms with Crippen molar-refractivity contribution < 1.29 is 64.0 Å². The van der Waals surface area contributed by atoms with Gasteiger partial charge in [0.25, 0.3) is 20.2 Å². The number of pyridine rings is 1. The third-order valence-corrected chi connectivity index (χ3v) is 18.0. The number of nitrogens with zero attached hydrogens (tertiary/aromatic N) is 2. The molecule has 0 unspecified atom stereocenters. The summed E-state index contributed by atoms with van der Waals surface area (Å²) in [5.41, 5.74) is 3.75. The fourth-order valence-corrected chi connectivity index (χ4v) is 14.3. The van der Waals surface area contributed by atoms with Gasteiger partial charge in [0.2, 0.25) is 5.43 Å². The fourth-order valence-electron chi connectivity index (χ4n) is 13.5. The van der Waals surface area contributed by atoms with E-state index in [0.717, 1.165) is 70.1 Å². The summed E-state index contributed by atoms with van der Waals surface area (Å²) in [5.74, 6) is -0.792. The van der Waals surface area contributed by atoms with E-state index in [2.05, 4.69) is 34.5 Å². The SMILES string of the molecule is CS(=O)(=O)OCCCCOS(C)(=O)=O.C[C@@H]1CN(c2c(F)c(N)c3c(=O)c(C(=O)O)cn(C4CC4)c3c2F)C[C@H](C)N1.C[C@H](CCC(=O)O)[C@H]1CC[C@H]2[C@@H]3CC[C@@H]4C[C@H](O)CC[C@]4(C)[C@H]3C[C@H](O)[C@]12C. The molecule has 0 radical (unpaired) electrons. The second kappa shape index (κ2) is 21.9. The van der Waals surface area contributed by atoms with Crippen molar-refractivity contribution in [2.24, 2.45) is 46.3 Å². The zero-order valence-electron chi connectivity index (χ0n) is 41.7. The van der Waals surface area contributed by atoms with E-state index < -0.39 is 65.9 Å². The molecule has 1 saturated heterocycles. The number of aliphatic hydroxyl groups is 2. The number of aliphatic carboxylic acids is 1. The van der Waals surface area contributed by atoms with Crippen LogP contribution in [-0.2, 0) is 33.4 Å². The summed E-state index contributed by atoms with van der Waals surface area (Å²) < 4.78 is 83.0. The molecule has 0 amide bonds. The fraction of sp³-hybridized carbons (Fsp3) is 0.776. The van der Waals surface area contributed by atoms with Crippen LogP contribution in [0.25, 0.3) is 10.9 Å². The molecule has 6 fully saturated rings. The lowest BCUT2D eigenvalue weighted by Crippen LogP contribution is -2.58. The Morgan fingerprint density at radius 1 is 0.886 bits per heavy atom. The minimum atomic E-state index is -3.40. The summed E-state index contributed by atoms with van der Waals surface area (Å²) in [6, 6.07) is -0.103. The lowest BCUT2D eigenvalue weighted by atomic mass is 9.43. The summed E-state index contributed by atoms with van der Waals surface area (Å²) in [6.45, 7) is 11.7. The van der Waals surface area contributed by atoms with Crippen molar-refractivity contribution in [1.82, 2.24) is 9.88 Å². The van der Waals surface area contributed by atoms with Gasteiger partial charge in [-0.15, -0.1) is 0 Å². The molecule has 396 valence electrons. The van der Waals surface area contributed by atoms with Crippen molar-refractivity contribution in [2.75, 3.05) is 49.4 Å². The number of nitrogens with two attached hydrogens (primary N) is 1. The molecule has 1 aromatic carbocycles. The van der Waals surface area contributed by atoms with Gasteiger partial charge in [-0.25, -0.2) is 13.6 Å². The molecule has 2 heterocycles. The molecule has 8 rings (SSSR count). The molecule has 12 atom stereocenters. The molecule has 70 heavy (non-hydrogen) atoms. The molecule has 0 bridgehead atoms. The number of aliphatic hydroxyl groups excluding tert-OH is 2. The summed E-state index contributed by atoms with van der Waals surface area (Å²) in [6.07, 6.45) is 14.6. The Balaban J connectivity index is 0.000000183. The van der Waals surface area contributed by atoms with Crippen LogP contribution in [0.5, 0.6) is 0 Å². The first kappa shape index (κ1) is 55.8. The van der Waals surface area contributed by atoms with Crippen molar-refractivity contribution in [3.05, 3.63) is 33.6 Å². The first-order valence-corrected chi connectivity index (χ1v) is 28.6. The number of benzene rings is 1. The normalized spacial score (nSPS) is 32.3. The Bertz CT molecular complexity index is 2480. The number of carboxylic acids is 2. The maximum atomic E-state index is 15.6. The topological polar surface area (TPSA) is 265 Å². The van der Waals surface area contributed by atoms with E-state index in [1.54, 1.807) is 4.90 Å². The second-order valence-electron chi connectivity index (χ2n) is 21.9. The third kappa shape index (κ3) is 12.3. The van der Waals surface area contributed by atoms with Crippen LogP contribution in [-0.4, -0.2) is 117 Å². The molecule has 17 nitrogen and oxygen atoms in total. The van der Waals surface area contributed by atoms with Crippen LogP contribution in [0, 0.1) is 58.0 Å². The van der Waals surface area contributed by atoms with Crippen LogP contribution in [0.2, 0.25) is 0 Å². The number of hydrogen-bond acceptors (Lipinski definition) is 14. The lowest BCUT2D eigenvalue weighted by Gasteiger charge is -2.62. The molecule has 0 spiro atoms. The number of rotatable bonds is 14. The Hall–Kier alpha value is -3.47. The smallest absolute Gasteiger partial charge is 0.341 e. The first-order valence-electron chi connectivity index (χ1n) is 24.9. The summed E-state index contributed by atoms with van der Waals surface area (Å²) in [7, 11) is -6.80. The molecule has 1 aliphatic heterocycles. The second-order valence-corrected chi connectivity index (χ2v) is 25.1. The highest BCUT2D eigenvalue weighted by Gasteiger charge is 2.63. The average molecular weight is 1030 g/mol. The van der Waals surface area contributed by atoms with Gasteiger partial charge < -0.3 is 40.9 Å². The van der Waals surface area contributed by atoms with E-state index in [-0.39, 0.29) is 72.0 Å². The van der Waals surface area contributed by atoms with Crippen molar-refractivity contribution >= 4 is 54.5 Å². The summed E-state index contributed by atoms with van der Waals surface area (Å²) in [5, 5.41) is 43.0. The van der Waals surface area contributed by atoms with E-state index in [4.69, 9.17) is 10.8 Å². The standard InChI is InChI=1S/C24H40O4.C19H22F2N4O3.C6H14O6S2/c1-14(4-9-22(27)28)18-7-8-19-17-6-5-15-12-16(25)10-11-23(15,2)20(17)13-21(26)24(18,19)3;1-8-5-24(6-9(2)23-8)17-13(20)15(22)12-16(14(17)21)25(10-3-4-10)7-11(18(12)26)19(27)28;1-13(7,8)11-5-3-4-6-12-14(2,9)10/h14-21,25-26H,4-13H2,1-3H3,(H,27,28);7-10,23H,3-6,22H2,1-2H3,(H,27,28);3-6H2,1-2H3/t14-,15-,16-,17+,18-,19+,20+,21+,23+,24-;8-,9+;/m1../s1. The zero-order valence-corrected chi connectivity index (χ0v) is 43.3. The zero-order chi connectivity index (χ0) is 51.8. The average Bonchev–Trinajstić information content (AvgIpc) is 4.04. The van der Waals surface area contributed by atoms with Gasteiger partial charge in [-0.3, -0.25) is 18.0 Å². The Morgan fingerprint density at radius 3 is 2.03 bits per heavy atom. The quantitative estimate of drug-likeness (QED) is 0.0691.